The number of rotatable bonds is 6. The predicted octanol–water partition coefficient (Wildman–Crippen LogP) is 4.46. The van der Waals surface area contributed by atoms with Crippen molar-refractivity contribution < 1.29 is 43.1 Å². The molecule has 2 heterocycles. The number of hydrogen-bond acceptors (Lipinski definition) is 9. The Labute approximate surface area is 249 Å². The third-order valence-corrected chi connectivity index (χ3v) is 8.52. The van der Waals surface area contributed by atoms with Gasteiger partial charge >= 0.3 is 5.97 Å². The van der Waals surface area contributed by atoms with E-state index < -0.39 is 18.2 Å². The maximum atomic E-state index is 12.5. The summed E-state index contributed by atoms with van der Waals surface area (Å²) < 4.78 is 41.2. The summed E-state index contributed by atoms with van der Waals surface area (Å²) in [5, 5.41) is 14.9. The van der Waals surface area contributed by atoms with E-state index in [0.717, 1.165) is 32.7 Å². The van der Waals surface area contributed by atoms with Crippen LogP contribution >= 0.6 is 0 Å². The van der Waals surface area contributed by atoms with E-state index in [1.54, 1.807) is 40.8 Å². The predicted molar refractivity (Wildman–Crippen MR) is 160 cm³/mol. The topological polar surface area (TPSA) is 102 Å². The number of fused-ring (bicyclic) bond motifs is 4. The van der Waals surface area contributed by atoms with Crippen molar-refractivity contribution in [2.75, 3.05) is 28.4 Å². The van der Waals surface area contributed by atoms with Gasteiger partial charge in [0.2, 0.25) is 0 Å². The van der Waals surface area contributed by atoms with Gasteiger partial charge in [-0.1, -0.05) is 0 Å². The van der Waals surface area contributed by atoms with E-state index in [9.17, 15) is 9.90 Å². The standard InChI is InChI=1S/C34H36O9/c1-16-8-22-19(14-41-16)9-23-24(10-20(37-4)12-27(23)39-6)29(22)31-25-11-21(38-5)13-28(40-7)30(25)33(36)26-15-42-17(2)34(32(26)31)43-18(3)35/h9-14,16-17,27,34,36H,8,15H2,1-7H3. The fraction of sp³-hybridized carbons (Fsp3) is 0.382. The van der Waals surface area contributed by atoms with Crippen molar-refractivity contribution in [2.45, 2.75) is 58.2 Å². The number of phenolic OH excluding ortho intramolecular Hbond substituents is 1. The van der Waals surface area contributed by atoms with E-state index in [4.69, 9.17) is 33.2 Å². The molecular formula is C34H36O9. The highest BCUT2D eigenvalue weighted by Crippen LogP contribution is 2.51. The zero-order valence-electron chi connectivity index (χ0n) is 25.4. The molecule has 4 unspecified atom stereocenters. The Morgan fingerprint density at radius 3 is 2.47 bits per heavy atom. The Bertz CT molecular complexity index is 1790. The van der Waals surface area contributed by atoms with E-state index in [0.29, 0.717) is 45.6 Å². The number of benzene rings is 3. The molecule has 3 aromatic rings. The van der Waals surface area contributed by atoms with Gasteiger partial charge in [0.05, 0.1) is 51.8 Å². The average Bonchev–Trinajstić information content (AvgIpc) is 3.00. The van der Waals surface area contributed by atoms with Gasteiger partial charge in [-0.3, -0.25) is 4.79 Å². The van der Waals surface area contributed by atoms with Crippen molar-refractivity contribution in [1.82, 2.24) is 0 Å². The number of esters is 1. The number of phenols is 1. The molecule has 9 nitrogen and oxygen atoms in total. The number of hydrogen-bond donors (Lipinski definition) is 1. The van der Waals surface area contributed by atoms with Crippen molar-refractivity contribution >= 4 is 29.1 Å². The summed E-state index contributed by atoms with van der Waals surface area (Å²) in [5.41, 5.74) is 4.90. The zero-order valence-corrected chi connectivity index (χ0v) is 25.4. The Hall–Kier alpha value is -4.21. The van der Waals surface area contributed by atoms with Crippen LogP contribution in [0.4, 0.5) is 0 Å². The van der Waals surface area contributed by atoms with Gasteiger partial charge in [0.15, 0.2) is 6.10 Å². The lowest BCUT2D eigenvalue weighted by atomic mass is 9.78. The fourth-order valence-corrected chi connectivity index (χ4v) is 6.55. The van der Waals surface area contributed by atoms with Gasteiger partial charge < -0.3 is 38.3 Å². The van der Waals surface area contributed by atoms with Crippen LogP contribution in [0.5, 0.6) is 17.2 Å². The molecule has 0 bridgehead atoms. The Kier molecular flexibility index (Phi) is 7.48. The van der Waals surface area contributed by atoms with E-state index in [2.05, 4.69) is 6.07 Å². The van der Waals surface area contributed by atoms with Crippen LogP contribution in [0.1, 0.15) is 55.2 Å². The highest BCUT2D eigenvalue weighted by Gasteiger charge is 2.38. The molecule has 0 saturated carbocycles. The number of carbonyl (C=O) groups excluding carboxylic acids is 1. The summed E-state index contributed by atoms with van der Waals surface area (Å²) in [6.07, 6.45) is 4.60. The molecule has 6 rings (SSSR count). The quantitative estimate of drug-likeness (QED) is 0.418. The monoisotopic (exact) mass is 588 g/mol. The zero-order chi connectivity index (χ0) is 30.6. The van der Waals surface area contributed by atoms with Crippen LogP contribution in [0.2, 0.25) is 0 Å². The molecule has 226 valence electrons. The van der Waals surface area contributed by atoms with Crippen molar-refractivity contribution in [3.63, 3.8) is 0 Å². The van der Waals surface area contributed by atoms with Gasteiger partial charge in [-0.05, 0) is 65.6 Å². The van der Waals surface area contributed by atoms with E-state index in [1.807, 2.05) is 32.1 Å². The fourth-order valence-electron chi connectivity index (χ4n) is 6.55. The van der Waals surface area contributed by atoms with Gasteiger partial charge in [-0.2, -0.15) is 0 Å². The maximum Gasteiger partial charge on any atom is 0.303 e. The molecule has 3 aromatic carbocycles. The number of aromatic hydroxyl groups is 1. The van der Waals surface area contributed by atoms with Crippen molar-refractivity contribution in [2.24, 2.45) is 0 Å². The second kappa shape index (κ2) is 11.1. The summed E-state index contributed by atoms with van der Waals surface area (Å²) in [4.78, 5) is 12.5. The molecule has 4 atom stereocenters. The van der Waals surface area contributed by atoms with Crippen molar-refractivity contribution in [3.8, 4) is 28.4 Å². The minimum absolute atomic E-state index is 0.00968. The molecular weight excluding hydrogens is 552 g/mol. The van der Waals surface area contributed by atoms with Crippen molar-refractivity contribution in [3.05, 3.63) is 62.7 Å². The molecule has 0 spiro atoms. The van der Waals surface area contributed by atoms with Gasteiger partial charge in [-0.15, -0.1) is 0 Å². The molecule has 2 aliphatic heterocycles. The van der Waals surface area contributed by atoms with E-state index in [-0.39, 0.29) is 24.6 Å². The lowest BCUT2D eigenvalue weighted by Crippen LogP contribution is -2.34. The highest BCUT2D eigenvalue weighted by molar-refractivity contribution is 6.07. The number of allylic oxidation sites excluding steroid dienone is 1. The molecule has 1 N–H and O–H groups in total. The van der Waals surface area contributed by atoms with Gasteiger partial charge in [0, 0.05) is 48.3 Å². The molecule has 0 fully saturated rings. The number of carbonyl (C=O) groups is 1. The van der Waals surface area contributed by atoms with Gasteiger partial charge in [-0.25, -0.2) is 0 Å². The number of methoxy groups -OCH3 is 4. The lowest BCUT2D eigenvalue weighted by Gasteiger charge is -2.35. The summed E-state index contributed by atoms with van der Waals surface area (Å²) in [5.74, 6) is 1.20. The minimum Gasteiger partial charge on any atom is -0.507 e. The first-order valence-electron chi connectivity index (χ1n) is 14.2. The summed E-state index contributed by atoms with van der Waals surface area (Å²) >= 11 is 0. The lowest BCUT2D eigenvalue weighted by molar-refractivity contribution is -0.157. The normalized spacial score (nSPS) is 22.1. The molecule has 0 saturated heterocycles. The van der Waals surface area contributed by atoms with Crippen LogP contribution in [0.3, 0.4) is 0 Å². The van der Waals surface area contributed by atoms with E-state index in [1.165, 1.54) is 6.92 Å². The average molecular weight is 589 g/mol. The summed E-state index contributed by atoms with van der Waals surface area (Å²) in [6, 6.07) is 5.73. The van der Waals surface area contributed by atoms with Crippen LogP contribution in [0.15, 0.2) is 30.0 Å². The third-order valence-electron chi connectivity index (χ3n) is 8.52. The molecule has 0 amide bonds. The number of ether oxygens (including phenoxy) is 7. The SMILES string of the molecule is COC1=CC(OC)c2cc3c(c(-c4c5c(c(O)c6c(OC)cc(OC)cc46)COC(C)C5OC(C)=O)c2=C1)CC(C)OC=3. The molecule has 0 radical (unpaired) electrons. The highest BCUT2D eigenvalue weighted by atomic mass is 16.6. The second-order valence-corrected chi connectivity index (χ2v) is 11.1. The largest absolute Gasteiger partial charge is 0.507 e. The van der Waals surface area contributed by atoms with Crippen LogP contribution in [-0.2, 0) is 41.5 Å². The van der Waals surface area contributed by atoms with E-state index >= 15 is 0 Å². The smallest absolute Gasteiger partial charge is 0.303 e. The molecule has 43 heavy (non-hydrogen) atoms. The molecule has 0 aromatic heterocycles. The van der Waals surface area contributed by atoms with Crippen LogP contribution in [0, 0.1) is 0 Å². The third kappa shape index (κ3) is 4.67. The van der Waals surface area contributed by atoms with Crippen LogP contribution < -0.4 is 19.9 Å². The Balaban J connectivity index is 1.90. The second-order valence-electron chi connectivity index (χ2n) is 11.1. The molecule has 3 aliphatic rings. The van der Waals surface area contributed by atoms with Crippen molar-refractivity contribution in [1.29, 1.82) is 0 Å². The Morgan fingerprint density at radius 1 is 1.00 bits per heavy atom. The summed E-state index contributed by atoms with van der Waals surface area (Å²) in [7, 11) is 6.43. The van der Waals surface area contributed by atoms with Gasteiger partial charge in [0.1, 0.15) is 29.1 Å². The van der Waals surface area contributed by atoms with Crippen LogP contribution in [-0.4, -0.2) is 51.7 Å². The maximum absolute atomic E-state index is 12.5. The van der Waals surface area contributed by atoms with Gasteiger partial charge in [0.25, 0.3) is 0 Å². The summed E-state index contributed by atoms with van der Waals surface area (Å²) in [6.45, 7) is 5.39. The first-order chi connectivity index (χ1) is 20.7. The molecule has 1 aliphatic carbocycles. The molecule has 9 heteroatoms. The first kappa shape index (κ1) is 28.9. The Morgan fingerprint density at radius 2 is 1.79 bits per heavy atom. The first-order valence-corrected chi connectivity index (χ1v) is 14.2. The minimum atomic E-state index is -0.796. The van der Waals surface area contributed by atoms with Crippen LogP contribution in [0.25, 0.3) is 34.2 Å².